The molecule has 6 heteroatoms. The molecule has 0 radical (unpaired) electrons. The summed E-state index contributed by atoms with van der Waals surface area (Å²) in [5, 5.41) is 9.06. The summed E-state index contributed by atoms with van der Waals surface area (Å²) in [6, 6.07) is 0. The zero-order valence-corrected chi connectivity index (χ0v) is 10.7. The largest absolute Gasteiger partial charge is 0.499 e. The van der Waals surface area contributed by atoms with Crippen LogP contribution in [-0.4, -0.2) is 31.8 Å². The highest BCUT2D eigenvalue weighted by Crippen LogP contribution is 2.24. The van der Waals surface area contributed by atoms with Crippen molar-refractivity contribution in [2.24, 2.45) is 0 Å². The van der Waals surface area contributed by atoms with E-state index in [2.05, 4.69) is 25.1 Å². The number of aromatic amines is 1. The van der Waals surface area contributed by atoms with Crippen molar-refractivity contribution in [3.8, 4) is 0 Å². The number of H-pyrrole nitrogens is 1. The van der Waals surface area contributed by atoms with Crippen molar-refractivity contribution in [1.82, 2.24) is 25.1 Å². The van der Waals surface area contributed by atoms with E-state index in [1.165, 1.54) is 0 Å². The topological polar surface area (TPSA) is 76.6 Å². The average Bonchev–Trinajstić information content (AvgIpc) is 2.97. The van der Waals surface area contributed by atoms with Crippen LogP contribution in [0.25, 0.3) is 28.3 Å². The van der Waals surface area contributed by atoms with Gasteiger partial charge < -0.3 is 9.72 Å². The van der Waals surface area contributed by atoms with E-state index >= 15 is 0 Å². The van der Waals surface area contributed by atoms with Gasteiger partial charge in [-0.05, 0) is 26.0 Å². The Kier molecular flexibility index (Phi) is 2.83. The maximum absolute atomic E-state index is 5.34. The molecule has 3 heterocycles. The van der Waals surface area contributed by atoms with Gasteiger partial charge in [0, 0.05) is 0 Å². The number of hydrogen-bond acceptors (Lipinski definition) is 5. The van der Waals surface area contributed by atoms with Crippen LogP contribution < -0.4 is 0 Å². The number of hydrogen-bond donors (Lipinski definition) is 1. The SMILES string of the molecule is CCO/C(C)=C/C=C\c1nc2nc[nH]c3nnc1c23. The Balaban J connectivity index is 1.97. The summed E-state index contributed by atoms with van der Waals surface area (Å²) in [5.41, 5.74) is 2.92. The van der Waals surface area contributed by atoms with E-state index in [-0.39, 0.29) is 0 Å². The van der Waals surface area contributed by atoms with E-state index in [0.717, 1.165) is 22.4 Å². The second-order valence-corrected chi connectivity index (χ2v) is 4.06. The first-order chi connectivity index (χ1) is 9.29. The highest BCUT2D eigenvalue weighted by atomic mass is 16.5. The van der Waals surface area contributed by atoms with Gasteiger partial charge in [0.25, 0.3) is 0 Å². The first-order valence-corrected chi connectivity index (χ1v) is 6.06. The van der Waals surface area contributed by atoms with Gasteiger partial charge in [0.15, 0.2) is 11.3 Å². The van der Waals surface area contributed by atoms with Crippen LogP contribution in [0.4, 0.5) is 0 Å². The van der Waals surface area contributed by atoms with Crippen molar-refractivity contribution in [1.29, 1.82) is 0 Å². The predicted octanol–water partition coefficient (Wildman–Crippen LogP) is 2.29. The summed E-state index contributed by atoms with van der Waals surface area (Å²) < 4.78 is 5.34. The maximum atomic E-state index is 5.34. The molecule has 0 aliphatic carbocycles. The third kappa shape index (κ3) is 2.01. The third-order valence-corrected chi connectivity index (χ3v) is 2.76. The second-order valence-electron chi connectivity index (χ2n) is 4.06. The molecule has 3 aromatic heterocycles. The Morgan fingerprint density at radius 2 is 2.32 bits per heavy atom. The highest BCUT2D eigenvalue weighted by molar-refractivity contribution is 6.06. The zero-order chi connectivity index (χ0) is 13.2. The van der Waals surface area contributed by atoms with Crippen molar-refractivity contribution < 1.29 is 4.74 Å². The Morgan fingerprint density at radius 3 is 3.16 bits per heavy atom. The molecule has 96 valence electrons. The summed E-state index contributed by atoms with van der Waals surface area (Å²) in [5.74, 6) is 0.861. The van der Waals surface area contributed by atoms with E-state index in [4.69, 9.17) is 4.74 Å². The van der Waals surface area contributed by atoms with Crippen LogP contribution in [0.15, 0.2) is 24.2 Å². The van der Waals surface area contributed by atoms with Gasteiger partial charge in [-0.2, -0.15) is 0 Å². The van der Waals surface area contributed by atoms with E-state index < -0.39 is 0 Å². The fourth-order valence-corrected chi connectivity index (χ4v) is 1.94. The predicted molar refractivity (Wildman–Crippen MR) is 72.6 cm³/mol. The van der Waals surface area contributed by atoms with E-state index in [1.807, 2.05) is 32.1 Å². The van der Waals surface area contributed by atoms with Gasteiger partial charge in [0.2, 0.25) is 0 Å². The Hall–Kier alpha value is -2.50. The third-order valence-electron chi connectivity index (χ3n) is 2.76. The molecule has 3 rings (SSSR count). The number of ether oxygens (including phenoxy) is 1. The molecular formula is C13H13N5O. The van der Waals surface area contributed by atoms with Crippen molar-refractivity contribution in [2.75, 3.05) is 6.61 Å². The average molecular weight is 255 g/mol. The van der Waals surface area contributed by atoms with Crippen LogP contribution in [0.2, 0.25) is 0 Å². The first-order valence-electron chi connectivity index (χ1n) is 6.06. The van der Waals surface area contributed by atoms with Gasteiger partial charge in [-0.3, -0.25) is 0 Å². The van der Waals surface area contributed by atoms with Gasteiger partial charge in [0.05, 0.1) is 29.8 Å². The summed E-state index contributed by atoms with van der Waals surface area (Å²) in [4.78, 5) is 11.6. The standard InChI is InChI=1S/C13H13N5O/c1-3-19-8(2)5-4-6-9-11-10-12(16-9)14-7-15-13(10)18-17-11/h4-7H,3H2,1-2H3,(H,14,15,16,17,18)/b6-4-,8-5+. The Morgan fingerprint density at radius 1 is 1.42 bits per heavy atom. The van der Waals surface area contributed by atoms with E-state index in [1.54, 1.807) is 6.33 Å². The molecule has 0 saturated carbocycles. The van der Waals surface area contributed by atoms with Crippen molar-refractivity contribution >= 4 is 28.3 Å². The summed E-state index contributed by atoms with van der Waals surface area (Å²) in [7, 11) is 0. The minimum atomic E-state index is 0.664. The molecule has 0 spiro atoms. The van der Waals surface area contributed by atoms with Gasteiger partial charge in [-0.15, -0.1) is 10.2 Å². The minimum Gasteiger partial charge on any atom is -0.499 e. The normalized spacial score (nSPS) is 13.1. The molecule has 0 aliphatic heterocycles. The fraction of sp³-hybridized carbons (Fsp3) is 0.231. The molecule has 0 bridgehead atoms. The van der Waals surface area contributed by atoms with Crippen LogP contribution in [0.5, 0.6) is 0 Å². The molecule has 3 aromatic rings. The quantitative estimate of drug-likeness (QED) is 0.571. The van der Waals surface area contributed by atoms with Gasteiger partial charge >= 0.3 is 0 Å². The van der Waals surface area contributed by atoms with Crippen LogP contribution in [0, 0.1) is 0 Å². The lowest BCUT2D eigenvalue weighted by atomic mass is 10.3. The molecule has 1 N–H and O–H groups in total. The van der Waals surface area contributed by atoms with Crippen molar-refractivity contribution in [2.45, 2.75) is 13.8 Å². The van der Waals surface area contributed by atoms with Crippen LogP contribution >= 0.6 is 0 Å². The monoisotopic (exact) mass is 255 g/mol. The van der Waals surface area contributed by atoms with Crippen LogP contribution in [-0.2, 0) is 4.74 Å². The van der Waals surface area contributed by atoms with Crippen LogP contribution in [0.1, 0.15) is 19.5 Å². The summed E-state index contributed by atoms with van der Waals surface area (Å²) in [6.07, 6.45) is 7.24. The number of rotatable bonds is 4. The zero-order valence-electron chi connectivity index (χ0n) is 10.7. The number of allylic oxidation sites excluding steroid dienone is 3. The highest BCUT2D eigenvalue weighted by Gasteiger charge is 2.14. The van der Waals surface area contributed by atoms with Crippen LogP contribution in [0.3, 0.4) is 0 Å². The van der Waals surface area contributed by atoms with Gasteiger partial charge in [-0.1, -0.05) is 6.08 Å². The number of nitrogens with zero attached hydrogens (tertiary/aromatic N) is 4. The molecule has 0 saturated heterocycles. The first kappa shape index (κ1) is 11.6. The molecule has 0 aliphatic rings. The molecule has 19 heavy (non-hydrogen) atoms. The lowest BCUT2D eigenvalue weighted by molar-refractivity contribution is 0.231. The number of aromatic nitrogens is 5. The van der Waals surface area contributed by atoms with Crippen molar-refractivity contribution in [3.05, 3.63) is 29.9 Å². The Bertz CT molecular complexity index is 758. The smallest absolute Gasteiger partial charge is 0.167 e. The van der Waals surface area contributed by atoms with E-state index in [9.17, 15) is 0 Å². The van der Waals surface area contributed by atoms with E-state index in [0.29, 0.717) is 17.9 Å². The lowest BCUT2D eigenvalue weighted by Gasteiger charge is -1.98. The minimum absolute atomic E-state index is 0.664. The summed E-state index contributed by atoms with van der Waals surface area (Å²) in [6.45, 7) is 4.53. The molecule has 0 fully saturated rings. The summed E-state index contributed by atoms with van der Waals surface area (Å²) >= 11 is 0. The maximum Gasteiger partial charge on any atom is 0.167 e. The molecule has 6 nitrogen and oxygen atoms in total. The molecule has 0 aromatic carbocycles. The fourth-order valence-electron chi connectivity index (χ4n) is 1.94. The number of nitrogens with one attached hydrogen (secondary N) is 1. The molecule has 0 atom stereocenters. The molecule has 0 unspecified atom stereocenters. The Labute approximate surface area is 109 Å². The molecular weight excluding hydrogens is 242 g/mol. The van der Waals surface area contributed by atoms with Gasteiger partial charge in [-0.25, -0.2) is 9.97 Å². The molecule has 0 amide bonds. The second kappa shape index (κ2) is 4.64. The van der Waals surface area contributed by atoms with Crippen molar-refractivity contribution in [3.63, 3.8) is 0 Å². The lowest BCUT2D eigenvalue weighted by Crippen LogP contribution is -1.84. The van der Waals surface area contributed by atoms with Gasteiger partial charge in [0.1, 0.15) is 5.52 Å².